The first-order valence-corrected chi connectivity index (χ1v) is 4.57. The fourth-order valence-corrected chi connectivity index (χ4v) is 1.32. The van der Waals surface area contributed by atoms with E-state index in [1.807, 2.05) is 44.2 Å². The lowest BCUT2D eigenvalue weighted by Crippen LogP contribution is -1.98. The van der Waals surface area contributed by atoms with Crippen molar-refractivity contribution in [3.05, 3.63) is 47.5 Å². The maximum Gasteiger partial charge on any atom is 0.328 e. The van der Waals surface area contributed by atoms with Gasteiger partial charge in [0.1, 0.15) is 0 Å². The second kappa shape index (κ2) is 4.61. The van der Waals surface area contributed by atoms with Crippen LogP contribution in [-0.4, -0.2) is 11.1 Å². The average Bonchev–Trinajstić information content (AvgIpc) is 2.17. The molecule has 0 aliphatic heterocycles. The van der Waals surface area contributed by atoms with Crippen LogP contribution in [0, 0.1) is 0 Å². The summed E-state index contributed by atoms with van der Waals surface area (Å²) >= 11 is 0. The van der Waals surface area contributed by atoms with Gasteiger partial charge in [0.05, 0.1) is 0 Å². The zero-order chi connectivity index (χ0) is 10.6. The summed E-state index contributed by atoms with van der Waals surface area (Å²) in [6.45, 7) is 3.84. The van der Waals surface area contributed by atoms with Gasteiger partial charge in [-0.1, -0.05) is 42.8 Å². The average molecular weight is 190 g/mol. The molecule has 1 unspecified atom stereocenters. The zero-order valence-corrected chi connectivity index (χ0v) is 8.40. The summed E-state index contributed by atoms with van der Waals surface area (Å²) < 4.78 is 0. The van der Waals surface area contributed by atoms with Gasteiger partial charge in [-0.05, 0) is 12.5 Å². The quantitative estimate of drug-likeness (QED) is 0.744. The summed E-state index contributed by atoms with van der Waals surface area (Å²) in [5.74, 6) is -0.724. The van der Waals surface area contributed by atoms with Crippen molar-refractivity contribution in [2.45, 2.75) is 19.8 Å². The molecule has 0 fully saturated rings. The van der Waals surface area contributed by atoms with Gasteiger partial charge >= 0.3 is 5.97 Å². The van der Waals surface area contributed by atoms with E-state index in [0.29, 0.717) is 0 Å². The van der Waals surface area contributed by atoms with Gasteiger partial charge < -0.3 is 5.11 Å². The van der Waals surface area contributed by atoms with Crippen molar-refractivity contribution in [1.82, 2.24) is 0 Å². The number of carbonyl (C=O) groups is 1. The van der Waals surface area contributed by atoms with Gasteiger partial charge in [0.15, 0.2) is 0 Å². The number of allylic oxidation sites excluding steroid dienone is 1. The Labute approximate surface area is 83.9 Å². The molecule has 0 heterocycles. The number of carboxylic acids is 1. The van der Waals surface area contributed by atoms with E-state index in [1.165, 1.54) is 6.08 Å². The molecule has 1 atom stereocenters. The number of rotatable bonds is 3. The van der Waals surface area contributed by atoms with Crippen LogP contribution in [0.3, 0.4) is 0 Å². The van der Waals surface area contributed by atoms with E-state index < -0.39 is 5.97 Å². The Bertz CT molecular complexity index is 339. The molecule has 74 valence electrons. The zero-order valence-electron chi connectivity index (χ0n) is 8.40. The Balaban J connectivity index is 2.86. The largest absolute Gasteiger partial charge is 0.478 e. The molecule has 0 spiro atoms. The molecule has 0 bridgehead atoms. The van der Waals surface area contributed by atoms with Crippen LogP contribution in [-0.2, 0) is 4.79 Å². The third-order valence-corrected chi connectivity index (χ3v) is 2.33. The maximum absolute atomic E-state index is 10.5. The van der Waals surface area contributed by atoms with Crippen LogP contribution in [0.2, 0.25) is 0 Å². The molecule has 0 aliphatic carbocycles. The van der Waals surface area contributed by atoms with Gasteiger partial charge in [-0.15, -0.1) is 0 Å². The summed E-state index contributed by atoms with van der Waals surface area (Å²) in [7, 11) is 0. The molecule has 0 aromatic heterocycles. The van der Waals surface area contributed by atoms with Crippen molar-refractivity contribution >= 4 is 5.97 Å². The summed E-state index contributed by atoms with van der Waals surface area (Å²) in [4.78, 5) is 10.5. The molecule has 1 N–H and O–H groups in total. The number of hydrogen-bond acceptors (Lipinski definition) is 1. The van der Waals surface area contributed by atoms with Crippen LogP contribution < -0.4 is 0 Å². The van der Waals surface area contributed by atoms with Crippen LogP contribution in [0.25, 0.3) is 0 Å². The summed E-state index contributed by atoms with van der Waals surface area (Å²) in [5, 5.41) is 8.60. The highest BCUT2D eigenvalue weighted by Crippen LogP contribution is 2.22. The molecule has 1 aromatic rings. The topological polar surface area (TPSA) is 37.3 Å². The van der Waals surface area contributed by atoms with Crippen LogP contribution in [0.1, 0.15) is 25.3 Å². The van der Waals surface area contributed by atoms with Gasteiger partial charge in [0, 0.05) is 12.0 Å². The maximum atomic E-state index is 10.5. The van der Waals surface area contributed by atoms with Crippen molar-refractivity contribution in [1.29, 1.82) is 0 Å². The lowest BCUT2D eigenvalue weighted by Gasteiger charge is -2.11. The third kappa shape index (κ3) is 2.73. The molecule has 1 aromatic carbocycles. The number of benzene rings is 1. The smallest absolute Gasteiger partial charge is 0.328 e. The normalized spacial score (nSPS) is 13.7. The lowest BCUT2D eigenvalue weighted by atomic mass is 9.94. The van der Waals surface area contributed by atoms with Gasteiger partial charge in [-0.2, -0.15) is 0 Å². The molecule has 0 amide bonds. The van der Waals surface area contributed by atoms with E-state index in [2.05, 4.69) is 0 Å². The SMILES string of the molecule is C/C(=C\C(=O)O)C(C)c1ccccc1. The fourth-order valence-electron chi connectivity index (χ4n) is 1.32. The van der Waals surface area contributed by atoms with E-state index >= 15 is 0 Å². The first-order chi connectivity index (χ1) is 6.61. The first-order valence-electron chi connectivity index (χ1n) is 4.57. The number of carboxylic acid groups (broad SMARTS) is 1. The minimum absolute atomic E-state index is 0.160. The minimum Gasteiger partial charge on any atom is -0.478 e. The van der Waals surface area contributed by atoms with Crippen molar-refractivity contribution in [2.75, 3.05) is 0 Å². The molecule has 0 radical (unpaired) electrons. The predicted octanol–water partition coefficient (Wildman–Crippen LogP) is 2.82. The van der Waals surface area contributed by atoms with Crippen molar-refractivity contribution < 1.29 is 9.90 Å². The molecule has 0 saturated heterocycles. The van der Waals surface area contributed by atoms with E-state index in [-0.39, 0.29) is 5.92 Å². The molecule has 2 nitrogen and oxygen atoms in total. The van der Waals surface area contributed by atoms with Gasteiger partial charge in [0.2, 0.25) is 0 Å². The van der Waals surface area contributed by atoms with Crippen LogP contribution >= 0.6 is 0 Å². The first kappa shape index (κ1) is 10.5. The monoisotopic (exact) mass is 190 g/mol. The van der Waals surface area contributed by atoms with Crippen molar-refractivity contribution in [2.24, 2.45) is 0 Å². The third-order valence-electron chi connectivity index (χ3n) is 2.33. The van der Waals surface area contributed by atoms with Crippen molar-refractivity contribution in [3.8, 4) is 0 Å². The summed E-state index contributed by atoms with van der Waals surface area (Å²) in [5.41, 5.74) is 2.01. The van der Waals surface area contributed by atoms with E-state index in [0.717, 1.165) is 11.1 Å². The van der Waals surface area contributed by atoms with E-state index in [9.17, 15) is 4.79 Å². The van der Waals surface area contributed by atoms with Crippen LogP contribution in [0.4, 0.5) is 0 Å². The highest BCUT2D eigenvalue weighted by atomic mass is 16.4. The molecule has 0 aliphatic rings. The highest BCUT2D eigenvalue weighted by molar-refractivity contribution is 5.80. The van der Waals surface area contributed by atoms with Gasteiger partial charge in [-0.3, -0.25) is 0 Å². The molecule has 1 rings (SSSR count). The van der Waals surface area contributed by atoms with Gasteiger partial charge in [0.25, 0.3) is 0 Å². The molecule has 14 heavy (non-hydrogen) atoms. The summed E-state index contributed by atoms with van der Waals surface area (Å²) in [6, 6.07) is 9.87. The standard InChI is InChI=1S/C12H14O2/c1-9(8-12(13)14)10(2)11-6-4-3-5-7-11/h3-8,10H,1-2H3,(H,13,14)/b9-8+. The van der Waals surface area contributed by atoms with Gasteiger partial charge in [-0.25, -0.2) is 4.79 Å². The second-order valence-electron chi connectivity index (χ2n) is 3.36. The molecule has 2 heteroatoms. The predicted molar refractivity (Wildman–Crippen MR) is 56.2 cm³/mol. The summed E-state index contributed by atoms with van der Waals surface area (Å²) in [6.07, 6.45) is 1.26. The number of hydrogen-bond donors (Lipinski definition) is 1. The fraction of sp³-hybridized carbons (Fsp3) is 0.250. The van der Waals surface area contributed by atoms with Crippen LogP contribution in [0.5, 0.6) is 0 Å². The van der Waals surface area contributed by atoms with E-state index in [4.69, 9.17) is 5.11 Å². The number of aliphatic carboxylic acids is 1. The Kier molecular flexibility index (Phi) is 3.46. The minimum atomic E-state index is -0.884. The van der Waals surface area contributed by atoms with E-state index in [1.54, 1.807) is 0 Å². The molecule has 0 saturated carbocycles. The molecular weight excluding hydrogens is 176 g/mol. The Hall–Kier alpha value is -1.57. The lowest BCUT2D eigenvalue weighted by molar-refractivity contribution is -0.131. The Morgan fingerprint density at radius 2 is 1.93 bits per heavy atom. The highest BCUT2D eigenvalue weighted by Gasteiger charge is 2.07. The van der Waals surface area contributed by atoms with Crippen LogP contribution in [0.15, 0.2) is 42.0 Å². The Morgan fingerprint density at radius 1 is 1.36 bits per heavy atom. The Morgan fingerprint density at radius 3 is 2.43 bits per heavy atom. The molecular formula is C12H14O2. The van der Waals surface area contributed by atoms with Crippen molar-refractivity contribution in [3.63, 3.8) is 0 Å². The second-order valence-corrected chi connectivity index (χ2v) is 3.36.